The summed E-state index contributed by atoms with van der Waals surface area (Å²) in [6, 6.07) is 7.85. The van der Waals surface area contributed by atoms with Gasteiger partial charge in [0, 0.05) is 12.2 Å². The first kappa shape index (κ1) is 18.6. The molecule has 1 saturated carbocycles. The summed E-state index contributed by atoms with van der Waals surface area (Å²) in [6.45, 7) is 2.66. The molecule has 3 nitrogen and oxygen atoms in total. The molecule has 0 amide bonds. The van der Waals surface area contributed by atoms with Gasteiger partial charge in [0.1, 0.15) is 11.4 Å². The van der Waals surface area contributed by atoms with Gasteiger partial charge in [-0.3, -0.25) is 0 Å². The highest BCUT2D eigenvalue weighted by molar-refractivity contribution is 14.1. The smallest absolute Gasteiger partial charge is 0.168 e. The molecule has 0 bridgehead atoms. The second-order valence-corrected chi connectivity index (χ2v) is 6.57. The Kier molecular flexibility index (Phi) is 7.68. The first-order valence-electron chi connectivity index (χ1n) is 8.24. The second-order valence-electron chi connectivity index (χ2n) is 5.69. The highest BCUT2D eigenvalue weighted by Crippen LogP contribution is 2.33. The first-order valence-corrected chi connectivity index (χ1v) is 9.76. The normalized spacial score (nSPS) is 17.9. The lowest BCUT2D eigenvalue weighted by atomic mass is 9.85. The number of hydrogen-bond acceptors (Lipinski definition) is 3. The minimum atomic E-state index is -0.372. The molecule has 0 spiro atoms. The zero-order valence-electron chi connectivity index (χ0n) is 13.9. The predicted molar refractivity (Wildman–Crippen MR) is 101 cm³/mol. The van der Waals surface area contributed by atoms with Gasteiger partial charge < -0.3 is 14.2 Å². The second kappa shape index (κ2) is 9.51. The van der Waals surface area contributed by atoms with Crippen molar-refractivity contribution in [3.63, 3.8) is 0 Å². The van der Waals surface area contributed by atoms with Crippen LogP contribution in [0.25, 0.3) is 0 Å². The van der Waals surface area contributed by atoms with Gasteiger partial charge in [0.2, 0.25) is 0 Å². The van der Waals surface area contributed by atoms with E-state index in [4.69, 9.17) is 14.2 Å². The topological polar surface area (TPSA) is 27.7 Å². The van der Waals surface area contributed by atoms with E-state index in [0.29, 0.717) is 6.61 Å². The molecule has 1 unspecified atom stereocenters. The molecule has 1 atom stereocenters. The summed E-state index contributed by atoms with van der Waals surface area (Å²) in [4.78, 5) is 0. The maximum Gasteiger partial charge on any atom is 0.168 e. The van der Waals surface area contributed by atoms with Crippen LogP contribution in [0.15, 0.2) is 24.3 Å². The van der Waals surface area contributed by atoms with Gasteiger partial charge in [0.15, 0.2) is 6.29 Å². The molecule has 23 heavy (non-hydrogen) atoms. The number of benzene rings is 1. The average molecular weight is 428 g/mol. The number of methoxy groups -OCH3 is 1. The SMILES string of the molecule is CCOC(CI)OC1(C#Cc2ccc(OC)cc2)CCCCC1. The quantitative estimate of drug-likeness (QED) is 0.288. The van der Waals surface area contributed by atoms with E-state index in [1.165, 1.54) is 6.42 Å². The Hall–Kier alpha value is -0.770. The van der Waals surface area contributed by atoms with Crippen LogP contribution in [-0.4, -0.2) is 30.0 Å². The highest BCUT2D eigenvalue weighted by atomic mass is 127. The van der Waals surface area contributed by atoms with Gasteiger partial charge in [0.25, 0.3) is 0 Å². The van der Waals surface area contributed by atoms with Gasteiger partial charge in [0.05, 0.1) is 11.5 Å². The fourth-order valence-corrected chi connectivity index (χ4v) is 3.24. The molecule has 0 aliphatic heterocycles. The molecule has 1 aliphatic carbocycles. The van der Waals surface area contributed by atoms with Crippen molar-refractivity contribution in [2.24, 2.45) is 0 Å². The lowest BCUT2D eigenvalue weighted by Gasteiger charge is -2.35. The molecule has 0 N–H and O–H groups in total. The van der Waals surface area contributed by atoms with Crippen LogP contribution in [0.5, 0.6) is 5.75 Å². The lowest BCUT2D eigenvalue weighted by molar-refractivity contribution is -0.184. The minimum absolute atomic E-state index is 0.177. The summed E-state index contributed by atoms with van der Waals surface area (Å²) in [5, 5.41) is 0. The van der Waals surface area contributed by atoms with Gasteiger partial charge >= 0.3 is 0 Å². The number of rotatable bonds is 6. The van der Waals surface area contributed by atoms with Crippen LogP contribution >= 0.6 is 22.6 Å². The zero-order valence-corrected chi connectivity index (χ0v) is 16.1. The van der Waals surface area contributed by atoms with Gasteiger partial charge in [-0.1, -0.05) is 40.9 Å². The van der Waals surface area contributed by atoms with E-state index in [-0.39, 0.29) is 11.9 Å². The summed E-state index contributed by atoms with van der Waals surface area (Å²) >= 11 is 2.31. The van der Waals surface area contributed by atoms with Crippen molar-refractivity contribution in [1.82, 2.24) is 0 Å². The third-order valence-electron chi connectivity index (χ3n) is 4.02. The Morgan fingerprint density at radius 1 is 1.17 bits per heavy atom. The van der Waals surface area contributed by atoms with Crippen molar-refractivity contribution in [3.05, 3.63) is 29.8 Å². The minimum Gasteiger partial charge on any atom is -0.497 e. The lowest BCUT2D eigenvalue weighted by Crippen LogP contribution is -2.39. The summed E-state index contributed by atoms with van der Waals surface area (Å²) in [7, 11) is 1.67. The number of ether oxygens (including phenoxy) is 3. The van der Waals surface area contributed by atoms with E-state index in [2.05, 4.69) is 34.4 Å². The van der Waals surface area contributed by atoms with E-state index in [1.54, 1.807) is 7.11 Å². The Bertz CT molecular complexity index is 524. The highest BCUT2D eigenvalue weighted by Gasteiger charge is 2.34. The molecule has 0 saturated heterocycles. The van der Waals surface area contributed by atoms with Gasteiger partial charge in [-0.25, -0.2) is 0 Å². The van der Waals surface area contributed by atoms with E-state index in [0.717, 1.165) is 41.4 Å². The van der Waals surface area contributed by atoms with Crippen molar-refractivity contribution in [3.8, 4) is 17.6 Å². The molecule has 126 valence electrons. The van der Waals surface area contributed by atoms with Crippen LogP contribution in [0.4, 0.5) is 0 Å². The maximum absolute atomic E-state index is 6.31. The largest absolute Gasteiger partial charge is 0.497 e. The van der Waals surface area contributed by atoms with Crippen LogP contribution in [0.1, 0.15) is 44.6 Å². The van der Waals surface area contributed by atoms with E-state index < -0.39 is 0 Å². The Labute approximate surface area is 153 Å². The number of hydrogen-bond donors (Lipinski definition) is 0. The Balaban J connectivity index is 2.15. The molecule has 2 rings (SSSR count). The summed E-state index contributed by atoms with van der Waals surface area (Å²) in [5.41, 5.74) is 0.616. The monoisotopic (exact) mass is 428 g/mol. The standard InChI is InChI=1S/C19H25IO3/c1-3-22-18(15-20)23-19(12-5-4-6-13-19)14-11-16-7-9-17(21-2)10-8-16/h7-10,18H,3-6,12-13,15H2,1-2H3. The predicted octanol–water partition coefficient (Wildman–Crippen LogP) is 4.56. The van der Waals surface area contributed by atoms with E-state index >= 15 is 0 Å². The molecule has 0 aromatic heterocycles. The third kappa shape index (κ3) is 5.66. The fourth-order valence-electron chi connectivity index (χ4n) is 2.80. The molecular formula is C19H25IO3. The maximum atomic E-state index is 6.31. The Morgan fingerprint density at radius 3 is 2.43 bits per heavy atom. The summed E-state index contributed by atoms with van der Waals surface area (Å²) < 4.78 is 18.0. The molecule has 1 aromatic carbocycles. The summed E-state index contributed by atoms with van der Waals surface area (Å²) in [6.07, 6.45) is 5.38. The summed E-state index contributed by atoms with van der Waals surface area (Å²) in [5.74, 6) is 7.55. The molecule has 1 aliphatic rings. The van der Waals surface area contributed by atoms with Crippen LogP contribution < -0.4 is 4.74 Å². The van der Waals surface area contributed by atoms with Crippen molar-refractivity contribution >= 4 is 22.6 Å². The van der Waals surface area contributed by atoms with Crippen molar-refractivity contribution < 1.29 is 14.2 Å². The molecule has 0 radical (unpaired) electrons. The van der Waals surface area contributed by atoms with Gasteiger partial charge in [-0.05, 0) is 56.9 Å². The molecule has 1 aromatic rings. The zero-order chi connectivity index (χ0) is 16.5. The van der Waals surface area contributed by atoms with Crippen LogP contribution in [0.3, 0.4) is 0 Å². The first-order chi connectivity index (χ1) is 11.2. The third-order valence-corrected chi connectivity index (χ3v) is 4.74. The van der Waals surface area contributed by atoms with Crippen LogP contribution in [0.2, 0.25) is 0 Å². The Morgan fingerprint density at radius 2 is 1.87 bits per heavy atom. The van der Waals surface area contributed by atoms with E-state index in [1.807, 2.05) is 31.2 Å². The molecule has 0 heterocycles. The van der Waals surface area contributed by atoms with E-state index in [9.17, 15) is 0 Å². The molecule has 1 fully saturated rings. The van der Waals surface area contributed by atoms with Crippen LogP contribution in [0, 0.1) is 11.8 Å². The molecular weight excluding hydrogens is 403 g/mol. The van der Waals surface area contributed by atoms with Crippen molar-refractivity contribution in [2.45, 2.75) is 50.9 Å². The average Bonchev–Trinajstić information content (AvgIpc) is 2.61. The molecule has 4 heteroatoms. The van der Waals surface area contributed by atoms with Crippen molar-refractivity contribution in [2.75, 3.05) is 18.1 Å². The van der Waals surface area contributed by atoms with Crippen LogP contribution in [-0.2, 0) is 9.47 Å². The number of alkyl halides is 1. The van der Waals surface area contributed by atoms with Gasteiger partial charge in [-0.2, -0.15) is 0 Å². The number of halogens is 1. The fraction of sp³-hybridized carbons (Fsp3) is 0.579. The van der Waals surface area contributed by atoms with Gasteiger partial charge in [-0.15, -0.1) is 0 Å². The van der Waals surface area contributed by atoms with Crippen molar-refractivity contribution in [1.29, 1.82) is 0 Å².